The standard InChI is InChI=1S/C14H20Cl2N2/c1-2-5-11-10-18(9-4-8-17-11)14-12(15)6-3-7-13(14)16/h3,6-7,11,17H,2,4-5,8-10H2,1H3. The third-order valence-corrected chi connectivity index (χ3v) is 3.98. The van der Waals surface area contributed by atoms with Gasteiger partial charge in [-0.3, -0.25) is 0 Å². The number of hydrogen-bond donors (Lipinski definition) is 1. The maximum Gasteiger partial charge on any atom is 0.0745 e. The predicted octanol–water partition coefficient (Wildman–Crippen LogP) is 3.96. The second-order valence-electron chi connectivity index (χ2n) is 4.81. The fourth-order valence-electron chi connectivity index (χ4n) is 2.53. The fraction of sp³-hybridized carbons (Fsp3) is 0.571. The van der Waals surface area contributed by atoms with Crippen LogP contribution in [0.2, 0.25) is 10.0 Å². The van der Waals surface area contributed by atoms with E-state index in [-0.39, 0.29) is 0 Å². The summed E-state index contributed by atoms with van der Waals surface area (Å²) in [6.45, 7) is 5.29. The molecule has 1 aliphatic rings. The fourth-order valence-corrected chi connectivity index (χ4v) is 3.17. The van der Waals surface area contributed by atoms with Crippen molar-refractivity contribution in [2.24, 2.45) is 0 Å². The van der Waals surface area contributed by atoms with Crippen LogP contribution in [0.3, 0.4) is 0 Å². The van der Waals surface area contributed by atoms with Gasteiger partial charge in [0.05, 0.1) is 15.7 Å². The zero-order valence-corrected chi connectivity index (χ0v) is 12.3. The van der Waals surface area contributed by atoms with Crippen LogP contribution in [0.15, 0.2) is 18.2 Å². The highest BCUT2D eigenvalue weighted by Crippen LogP contribution is 2.34. The molecule has 4 heteroatoms. The lowest BCUT2D eigenvalue weighted by Crippen LogP contribution is -2.37. The van der Waals surface area contributed by atoms with Crippen LogP contribution in [0.1, 0.15) is 26.2 Å². The number of nitrogens with zero attached hydrogens (tertiary/aromatic N) is 1. The van der Waals surface area contributed by atoms with Crippen LogP contribution in [0.4, 0.5) is 5.69 Å². The van der Waals surface area contributed by atoms with Crippen molar-refractivity contribution in [3.63, 3.8) is 0 Å². The normalized spacial score (nSPS) is 20.8. The molecule has 0 amide bonds. The van der Waals surface area contributed by atoms with Crippen LogP contribution < -0.4 is 10.2 Å². The summed E-state index contributed by atoms with van der Waals surface area (Å²) in [7, 11) is 0. The lowest BCUT2D eigenvalue weighted by molar-refractivity contribution is 0.503. The highest BCUT2D eigenvalue weighted by Gasteiger charge is 2.20. The van der Waals surface area contributed by atoms with Gasteiger partial charge in [0.2, 0.25) is 0 Å². The Bertz CT molecular complexity index is 375. The molecule has 1 aromatic carbocycles. The molecule has 1 aromatic rings. The zero-order valence-electron chi connectivity index (χ0n) is 10.8. The average molecular weight is 287 g/mol. The van der Waals surface area contributed by atoms with Crippen LogP contribution in [-0.2, 0) is 0 Å². The van der Waals surface area contributed by atoms with E-state index < -0.39 is 0 Å². The Kier molecular flexibility index (Phi) is 5.16. The van der Waals surface area contributed by atoms with E-state index in [1.165, 1.54) is 12.8 Å². The lowest BCUT2D eigenvalue weighted by atomic mass is 10.1. The van der Waals surface area contributed by atoms with Crippen molar-refractivity contribution in [2.75, 3.05) is 24.5 Å². The smallest absolute Gasteiger partial charge is 0.0745 e. The van der Waals surface area contributed by atoms with Crippen molar-refractivity contribution >= 4 is 28.9 Å². The minimum atomic E-state index is 0.532. The molecule has 1 atom stereocenters. The molecule has 1 N–H and O–H groups in total. The zero-order chi connectivity index (χ0) is 13.0. The summed E-state index contributed by atoms with van der Waals surface area (Å²) in [5.74, 6) is 0. The van der Waals surface area contributed by atoms with Gasteiger partial charge in [-0.1, -0.05) is 42.6 Å². The highest BCUT2D eigenvalue weighted by molar-refractivity contribution is 6.39. The van der Waals surface area contributed by atoms with Crippen molar-refractivity contribution in [1.82, 2.24) is 5.32 Å². The molecular weight excluding hydrogens is 267 g/mol. The second-order valence-corrected chi connectivity index (χ2v) is 5.62. The first-order valence-corrected chi connectivity index (χ1v) is 7.40. The molecule has 0 radical (unpaired) electrons. The molecule has 2 rings (SSSR count). The van der Waals surface area contributed by atoms with Crippen molar-refractivity contribution in [3.8, 4) is 0 Å². The predicted molar refractivity (Wildman–Crippen MR) is 80.0 cm³/mol. The van der Waals surface area contributed by atoms with Gasteiger partial charge in [-0.25, -0.2) is 0 Å². The summed E-state index contributed by atoms with van der Waals surface area (Å²) < 4.78 is 0. The molecule has 1 unspecified atom stereocenters. The first-order chi connectivity index (χ1) is 8.72. The monoisotopic (exact) mass is 286 g/mol. The number of benzene rings is 1. The van der Waals surface area contributed by atoms with Crippen molar-refractivity contribution in [1.29, 1.82) is 0 Å². The molecule has 1 fully saturated rings. The van der Waals surface area contributed by atoms with Crippen LogP contribution in [0.5, 0.6) is 0 Å². The van der Waals surface area contributed by atoms with Gasteiger partial charge in [0.15, 0.2) is 0 Å². The van der Waals surface area contributed by atoms with E-state index in [0.29, 0.717) is 6.04 Å². The molecule has 100 valence electrons. The van der Waals surface area contributed by atoms with Crippen LogP contribution in [0.25, 0.3) is 0 Å². The third kappa shape index (κ3) is 3.31. The van der Waals surface area contributed by atoms with Crippen LogP contribution >= 0.6 is 23.2 Å². The summed E-state index contributed by atoms with van der Waals surface area (Å²) in [6.07, 6.45) is 3.52. The van der Waals surface area contributed by atoms with E-state index in [1.807, 2.05) is 18.2 Å². The molecule has 0 aliphatic carbocycles. The number of halogens is 2. The Morgan fingerprint density at radius 2 is 2.06 bits per heavy atom. The van der Waals surface area contributed by atoms with E-state index in [9.17, 15) is 0 Å². The summed E-state index contributed by atoms with van der Waals surface area (Å²) >= 11 is 12.6. The van der Waals surface area contributed by atoms with Gasteiger partial charge >= 0.3 is 0 Å². The second kappa shape index (κ2) is 6.65. The van der Waals surface area contributed by atoms with Gasteiger partial charge in [0, 0.05) is 19.1 Å². The minimum Gasteiger partial charge on any atom is -0.368 e. The highest BCUT2D eigenvalue weighted by atomic mass is 35.5. The summed E-state index contributed by atoms with van der Waals surface area (Å²) in [5.41, 5.74) is 0.991. The van der Waals surface area contributed by atoms with E-state index in [0.717, 1.165) is 41.8 Å². The molecule has 1 saturated heterocycles. The van der Waals surface area contributed by atoms with Crippen LogP contribution in [0, 0.1) is 0 Å². The first-order valence-electron chi connectivity index (χ1n) is 6.64. The van der Waals surface area contributed by atoms with Crippen molar-refractivity contribution in [2.45, 2.75) is 32.2 Å². The number of anilines is 1. The Balaban J connectivity index is 2.20. The molecule has 0 bridgehead atoms. The number of rotatable bonds is 3. The van der Waals surface area contributed by atoms with Crippen molar-refractivity contribution in [3.05, 3.63) is 28.2 Å². The summed E-state index contributed by atoms with van der Waals surface area (Å²) in [5, 5.41) is 5.09. The minimum absolute atomic E-state index is 0.532. The molecule has 1 heterocycles. The van der Waals surface area contributed by atoms with Crippen molar-refractivity contribution < 1.29 is 0 Å². The quantitative estimate of drug-likeness (QED) is 0.905. The Hall–Kier alpha value is -0.440. The van der Waals surface area contributed by atoms with Gasteiger partial charge in [-0.15, -0.1) is 0 Å². The summed E-state index contributed by atoms with van der Waals surface area (Å²) in [4.78, 5) is 2.32. The maximum absolute atomic E-state index is 6.29. The topological polar surface area (TPSA) is 15.3 Å². The Morgan fingerprint density at radius 3 is 2.72 bits per heavy atom. The molecule has 2 nitrogen and oxygen atoms in total. The first kappa shape index (κ1) is 14.0. The van der Waals surface area contributed by atoms with E-state index in [2.05, 4.69) is 17.1 Å². The number of para-hydroxylation sites is 1. The third-order valence-electron chi connectivity index (χ3n) is 3.37. The van der Waals surface area contributed by atoms with E-state index >= 15 is 0 Å². The Labute approximate surface area is 119 Å². The lowest BCUT2D eigenvalue weighted by Gasteiger charge is -2.28. The largest absolute Gasteiger partial charge is 0.368 e. The summed E-state index contributed by atoms with van der Waals surface area (Å²) in [6, 6.07) is 6.25. The molecular formula is C14H20Cl2N2. The van der Waals surface area contributed by atoms with Gasteiger partial charge in [-0.05, 0) is 31.5 Å². The molecule has 1 aliphatic heterocycles. The Morgan fingerprint density at radius 1 is 1.33 bits per heavy atom. The molecule has 0 aromatic heterocycles. The van der Waals surface area contributed by atoms with Gasteiger partial charge in [0.25, 0.3) is 0 Å². The molecule has 0 spiro atoms. The van der Waals surface area contributed by atoms with Gasteiger partial charge in [0.1, 0.15) is 0 Å². The van der Waals surface area contributed by atoms with Gasteiger partial charge in [-0.2, -0.15) is 0 Å². The van der Waals surface area contributed by atoms with E-state index in [1.54, 1.807) is 0 Å². The SMILES string of the molecule is CCCC1CN(c2c(Cl)cccc2Cl)CCCN1. The van der Waals surface area contributed by atoms with E-state index in [4.69, 9.17) is 23.2 Å². The molecule has 0 saturated carbocycles. The average Bonchev–Trinajstić information content (AvgIpc) is 2.55. The van der Waals surface area contributed by atoms with Gasteiger partial charge < -0.3 is 10.2 Å². The number of nitrogens with one attached hydrogen (secondary N) is 1. The maximum atomic E-state index is 6.29. The van der Waals surface area contributed by atoms with Crippen LogP contribution in [-0.4, -0.2) is 25.7 Å². The number of hydrogen-bond acceptors (Lipinski definition) is 2. The molecule has 18 heavy (non-hydrogen) atoms.